The summed E-state index contributed by atoms with van der Waals surface area (Å²) in [5.41, 5.74) is 0.763. The van der Waals surface area contributed by atoms with Gasteiger partial charge in [0.05, 0.1) is 6.61 Å². The number of carbonyl (C=O) groups is 1. The number of benzene rings is 2. The van der Waals surface area contributed by atoms with E-state index in [-0.39, 0.29) is 12.5 Å². The fourth-order valence-corrected chi connectivity index (χ4v) is 2.34. The van der Waals surface area contributed by atoms with Gasteiger partial charge in [0.2, 0.25) is 0 Å². The second-order valence-corrected chi connectivity index (χ2v) is 5.33. The van der Waals surface area contributed by atoms with Crippen molar-refractivity contribution in [1.82, 2.24) is 0 Å². The molecule has 0 saturated heterocycles. The molecule has 0 fully saturated rings. The monoisotopic (exact) mass is 317 g/mol. The third kappa shape index (κ3) is 4.70. The predicted molar refractivity (Wildman–Crippen MR) is 90.0 cm³/mol. The van der Waals surface area contributed by atoms with Crippen LogP contribution in [0.15, 0.2) is 53.4 Å². The summed E-state index contributed by atoms with van der Waals surface area (Å²) in [6, 6.07) is 15.0. The zero-order valence-corrected chi connectivity index (χ0v) is 13.5. The number of anilines is 1. The van der Waals surface area contributed by atoms with Gasteiger partial charge < -0.3 is 14.8 Å². The minimum absolute atomic E-state index is 0.0619. The Labute approximate surface area is 134 Å². The molecule has 2 aromatic rings. The Balaban J connectivity index is 1.92. The zero-order chi connectivity index (χ0) is 15.8. The number of rotatable bonds is 7. The molecule has 1 N–H and O–H groups in total. The molecule has 0 aliphatic carbocycles. The van der Waals surface area contributed by atoms with E-state index in [4.69, 9.17) is 9.47 Å². The summed E-state index contributed by atoms with van der Waals surface area (Å²) in [7, 11) is 0. The van der Waals surface area contributed by atoms with Gasteiger partial charge in [-0.2, -0.15) is 0 Å². The quantitative estimate of drug-likeness (QED) is 0.789. The molecular formula is C17H19NO3S. The lowest BCUT2D eigenvalue weighted by Gasteiger charge is -2.11. The van der Waals surface area contributed by atoms with Crippen LogP contribution in [0.2, 0.25) is 0 Å². The van der Waals surface area contributed by atoms with Crippen LogP contribution in [0.3, 0.4) is 0 Å². The van der Waals surface area contributed by atoms with E-state index in [1.807, 2.05) is 55.6 Å². The molecular weight excluding hydrogens is 298 g/mol. The van der Waals surface area contributed by atoms with Crippen LogP contribution >= 0.6 is 11.8 Å². The first-order chi connectivity index (χ1) is 10.7. The highest BCUT2D eigenvalue weighted by Gasteiger charge is 2.08. The van der Waals surface area contributed by atoms with Crippen molar-refractivity contribution in [3.05, 3.63) is 48.5 Å². The Morgan fingerprint density at radius 2 is 1.82 bits per heavy atom. The van der Waals surface area contributed by atoms with Crippen LogP contribution < -0.4 is 14.8 Å². The molecule has 0 aromatic heterocycles. The van der Waals surface area contributed by atoms with E-state index < -0.39 is 0 Å². The molecule has 0 radical (unpaired) electrons. The number of ether oxygens (including phenoxy) is 2. The number of carbonyl (C=O) groups excluding carboxylic acids is 1. The largest absolute Gasteiger partial charge is 0.490 e. The van der Waals surface area contributed by atoms with Crippen LogP contribution in [0.25, 0.3) is 0 Å². The average molecular weight is 317 g/mol. The normalized spacial score (nSPS) is 10.1. The number of hydrogen-bond acceptors (Lipinski definition) is 4. The number of thioether (sulfide) groups is 1. The molecule has 1 amide bonds. The van der Waals surface area contributed by atoms with Crippen molar-refractivity contribution in [3.8, 4) is 11.5 Å². The Hall–Kier alpha value is -2.14. The van der Waals surface area contributed by atoms with Crippen molar-refractivity contribution < 1.29 is 14.3 Å². The summed E-state index contributed by atoms with van der Waals surface area (Å²) in [6.07, 6.45) is 1.99. The van der Waals surface area contributed by atoms with Gasteiger partial charge in [0.25, 0.3) is 5.91 Å². The minimum Gasteiger partial charge on any atom is -0.490 e. The van der Waals surface area contributed by atoms with Gasteiger partial charge in [-0.15, -0.1) is 11.8 Å². The SMILES string of the molecule is CCOc1ccccc1OCC(=O)Nc1cccc(SC)c1. The topological polar surface area (TPSA) is 47.6 Å². The maximum absolute atomic E-state index is 12.0. The van der Waals surface area contributed by atoms with Crippen LogP contribution in [-0.4, -0.2) is 25.4 Å². The predicted octanol–water partition coefficient (Wildman–Crippen LogP) is 3.82. The van der Waals surface area contributed by atoms with E-state index in [1.54, 1.807) is 17.8 Å². The van der Waals surface area contributed by atoms with E-state index in [1.165, 1.54) is 0 Å². The van der Waals surface area contributed by atoms with Crippen LogP contribution in [0.5, 0.6) is 11.5 Å². The third-order valence-corrected chi connectivity index (χ3v) is 3.59. The molecule has 116 valence electrons. The van der Waals surface area contributed by atoms with Crippen LogP contribution in [0, 0.1) is 0 Å². The van der Waals surface area contributed by atoms with Crippen molar-refractivity contribution in [2.75, 3.05) is 24.8 Å². The van der Waals surface area contributed by atoms with Gasteiger partial charge in [-0.25, -0.2) is 0 Å². The Morgan fingerprint density at radius 1 is 1.09 bits per heavy atom. The minimum atomic E-state index is -0.204. The highest BCUT2D eigenvalue weighted by molar-refractivity contribution is 7.98. The molecule has 0 heterocycles. The summed E-state index contributed by atoms with van der Waals surface area (Å²) >= 11 is 1.63. The maximum atomic E-state index is 12.0. The van der Waals surface area contributed by atoms with E-state index >= 15 is 0 Å². The van der Waals surface area contributed by atoms with Crippen LogP contribution in [0.1, 0.15) is 6.92 Å². The molecule has 0 saturated carbocycles. The van der Waals surface area contributed by atoms with Crippen molar-refractivity contribution in [2.24, 2.45) is 0 Å². The number of amides is 1. The van der Waals surface area contributed by atoms with Gasteiger partial charge in [-0.3, -0.25) is 4.79 Å². The molecule has 22 heavy (non-hydrogen) atoms. The molecule has 5 heteroatoms. The Morgan fingerprint density at radius 3 is 2.50 bits per heavy atom. The molecule has 0 atom stereocenters. The summed E-state index contributed by atoms with van der Waals surface area (Å²) in [5, 5.41) is 2.82. The molecule has 0 spiro atoms. The second kappa shape index (κ2) is 8.34. The lowest BCUT2D eigenvalue weighted by Crippen LogP contribution is -2.20. The van der Waals surface area contributed by atoms with E-state index in [9.17, 15) is 4.79 Å². The Kier molecular flexibility index (Phi) is 6.15. The number of para-hydroxylation sites is 2. The lowest BCUT2D eigenvalue weighted by atomic mass is 10.3. The highest BCUT2D eigenvalue weighted by Crippen LogP contribution is 2.26. The third-order valence-electron chi connectivity index (χ3n) is 2.86. The average Bonchev–Trinajstić information content (AvgIpc) is 2.54. The fourth-order valence-electron chi connectivity index (χ4n) is 1.89. The van der Waals surface area contributed by atoms with E-state index in [0.29, 0.717) is 18.1 Å². The highest BCUT2D eigenvalue weighted by atomic mass is 32.2. The number of hydrogen-bond donors (Lipinski definition) is 1. The fraction of sp³-hybridized carbons (Fsp3) is 0.235. The molecule has 0 unspecified atom stereocenters. The van der Waals surface area contributed by atoms with Gasteiger partial charge in [-0.1, -0.05) is 18.2 Å². The van der Waals surface area contributed by atoms with Crippen LogP contribution in [0.4, 0.5) is 5.69 Å². The summed E-state index contributed by atoms with van der Waals surface area (Å²) in [4.78, 5) is 13.1. The van der Waals surface area contributed by atoms with Crippen molar-refractivity contribution in [3.63, 3.8) is 0 Å². The first-order valence-corrected chi connectivity index (χ1v) is 8.24. The van der Waals surface area contributed by atoms with E-state index in [0.717, 1.165) is 10.6 Å². The first-order valence-electron chi connectivity index (χ1n) is 7.01. The molecule has 0 bridgehead atoms. The summed E-state index contributed by atoms with van der Waals surface area (Å²) in [6.45, 7) is 2.39. The zero-order valence-electron chi connectivity index (χ0n) is 12.7. The van der Waals surface area contributed by atoms with Gasteiger partial charge in [0, 0.05) is 10.6 Å². The standard InChI is InChI=1S/C17H19NO3S/c1-3-20-15-9-4-5-10-16(15)21-12-17(19)18-13-7-6-8-14(11-13)22-2/h4-11H,3,12H2,1-2H3,(H,18,19). The van der Waals surface area contributed by atoms with Crippen LogP contribution in [-0.2, 0) is 4.79 Å². The molecule has 0 aliphatic heterocycles. The second-order valence-electron chi connectivity index (χ2n) is 4.45. The van der Waals surface area contributed by atoms with E-state index in [2.05, 4.69) is 5.32 Å². The van der Waals surface area contributed by atoms with Gasteiger partial charge in [0.1, 0.15) is 0 Å². The summed E-state index contributed by atoms with van der Waals surface area (Å²) < 4.78 is 11.0. The van der Waals surface area contributed by atoms with Gasteiger partial charge in [-0.05, 0) is 43.5 Å². The van der Waals surface area contributed by atoms with Gasteiger partial charge in [0.15, 0.2) is 18.1 Å². The van der Waals surface area contributed by atoms with Crippen molar-refractivity contribution in [2.45, 2.75) is 11.8 Å². The molecule has 2 rings (SSSR count). The van der Waals surface area contributed by atoms with Crippen molar-refractivity contribution in [1.29, 1.82) is 0 Å². The van der Waals surface area contributed by atoms with Crippen molar-refractivity contribution >= 4 is 23.4 Å². The lowest BCUT2D eigenvalue weighted by molar-refractivity contribution is -0.118. The smallest absolute Gasteiger partial charge is 0.262 e. The molecule has 2 aromatic carbocycles. The molecule has 0 aliphatic rings. The maximum Gasteiger partial charge on any atom is 0.262 e. The first kappa shape index (κ1) is 16.2. The summed E-state index contributed by atoms with van der Waals surface area (Å²) in [5.74, 6) is 1.00. The number of nitrogens with one attached hydrogen (secondary N) is 1. The Bertz CT molecular complexity index is 631. The van der Waals surface area contributed by atoms with Gasteiger partial charge >= 0.3 is 0 Å². The molecule has 4 nitrogen and oxygen atoms in total.